The van der Waals surface area contributed by atoms with Crippen LogP contribution >= 0.6 is 0 Å². The number of nitrogen functional groups attached to an aromatic ring is 1. The maximum atomic E-state index is 9.41. The summed E-state index contributed by atoms with van der Waals surface area (Å²) >= 11 is 0. The molecule has 0 atom stereocenters. The third kappa shape index (κ3) is 4.42. The van der Waals surface area contributed by atoms with Gasteiger partial charge in [0.1, 0.15) is 12.2 Å². The molecule has 4 aromatic heterocycles. The van der Waals surface area contributed by atoms with Crippen LogP contribution in [0.25, 0.3) is 28.4 Å². The Morgan fingerprint density at radius 3 is 2.86 bits per heavy atom. The normalized spacial score (nSPS) is 11.7. The lowest BCUT2D eigenvalue weighted by Gasteiger charge is -2.12. The van der Waals surface area contributed by atoms with Gasteiger partial charge in [-0.2, -0.15) is 9.78 Å². The first kappa shape index (κ1) is 23.1. The lowest BCUT2D eigenvalue weighted by atomic mass is 10.0. The van der Waals surface area contributed by atoms with E-state index in [-0.39, 0.29) is 12.5 Å². The van der Waals surface area contributed by atoms with E-state index in [1.54, 1.807) is 42.2 Å². The number of rotatable bonds is 7. The van der Waals surface area contributed by atoms with Crippen molar-refractivity contribution >= 4 is 24.0 Å². The Morgan fingerprint density at radius 2 is 2.11 bits per heavy atom. The Labute approximate surface area is 210 Å². The van der Waals surface area contributed by atoms with Gasteiger partial charge in [0.25, 0.3) is 0 Å². The van der Waals surface area contributed by atoms with Gasteiger partial charge in [0.2, 0.25) is 11.8 Å². The molecule has 13 nitrogen and oxygen atoms in total. The van der Waals surface area contributed by atoms with E-state index in [0.29, 0.717) is 51.1 Å². The van der Waals surface area contributed by atoms with Gasteiger partial charge in [-0.3, -0.25) is 15.0 Å². The highest BCUT2D eigenvalue weighted by atomic mass is 15.5. The fraction of sp³-hybridized carbons (Fsp3) is 0.0833. The number of aliphatic imine (C=N–C) groups is 2. The topological polar surface area (TPSA) is 174 Å². The quantitative estimate of drug-likeness (QED) is 0.335. The third-order valence-electron chi connectivity index (χ3n) is 5.37. The van der Waals surface area contributed by atoms with E-state index in [4.69, 9.17) is 10.7 Å². The van der Waals surface area contributed by atoms with E-state index in [1.807, 2.05) is 24.3 Å². The van der Waals surface area contributed by atoms with Gasteiger partial charge in [-0.15, -0.1) is 10.2 Å². The molecule has 37 heavy (non-hydrogen) atoms. The van der Waals surface area contributed by atoms with Gasteiger partial charge in [0.15, 0.2) is 11.5 Å². The number of nitrogens with zero attached hydrogens (tertiary/aromatic N) is 12. The zero-order chi connectivity index (χ0) is 25.8. The fourth-order valence-corrected chi connectivity index (χ4v) is 3.76. The van der Waals surface area contributed by atoms with Gasteiger partial charge >= 0.3 is 0 Å². The molecule has 0 saturated heterocycles. The average Bonchev–Trinajstić information content (AvgIpc) is 3.58. The Bertz CT molecular complexity index is 1700. The largest absolute Gasteiger partial charge is 0.368 e. The number of anilines is 1. The van der Waals surface area contributed by atoms with E-state index in [0.717, 1.165) is 0 Å². The first-order valence-corrected chi connectivity index (χ1v) is 11.0. The molecule has 0 amide bonds. The molecule has 1 aromatic carbocycles. The molecule has 0 unspecified atom stereocenters. The molecule has 13 heteroatoms. The number of aromatic nitrogens is 9. The van der Waals surface area contributed by atoms with Crippen molar-refractivity contribution < 1.29 is 0 Å². The Morgan fingerprint density at radius 1 is 1.22 bits per heavy atom. The summed E-state index contributed by atoms with van der Waals surface area (Å²) in [6.45, 7) is 3.65. The molecule has 0 radical (unpaired) electrons. The van der Waals surface area contributed by atoms with E-state index < -0.39 is 0 Å². The van der Waals surface area contributed by atoms with Crippen molar-refractivity contribution in [2.45, 2.75) is 6.54 Å². The summed E-state index contributed by atoms with van der Waals surface area (Å²) in [4.78, 5) is 21.9. The van der Waals surface area contributed by atoms with Crippen LogP contribution in [0.3, 0.4) is 0 Å². The van der Waals surface area contributed by atoms with Crippen LogP contribution in [0.1, 0.15) is 17.0 Å². The number of nitrogens with two attached hydrogens (primary N) is 1. The Kier molecular flexibility index (Phi) is 6.20. The first-order valence-electron chi connectivity index (χ1n) is 11.0. The van der Waals surface area contributed by atoms with Crippen molar-refractivity contribution in [1.29, 1.82) is 5.26 Å². The van der Waals surface area contributed by atoms with E-state index >= 15 is 0 Å². The van der Waals surface area contributed by atoms with Gasteiger partial charge in [-0.25, -0.2) is 14.6 Å². The predicted octanol–water partition coefficient (Wildman–Crippen LogP) is 1.98. The smallest absolute Gasteiger partial charge is 0.223 e. The summed E-state index contributed by atoms with van der Waals surface area (Å²) in [7, 11) is 1.64. The summed E-state index contributed by atoms with van der Waals surface area (Å²) in [6.07, 6.45) is 4.87. The van der Waals surface area contributed by atoms with E-state index in [2.05, 4.69) is 53.4 Å². The van der Waals surface area contributed by atoms with Crippen LogP contribution in [-0.2, 0) is 6.54 Å². The lowest BCUT2D eigenvalue weighted by molar-refractivity contribution is 0.627. The molecule has 0 aliphatic rings. The van der Waals surface area contributed by atoms with Gasteiger partial charge in [0.05, 0.1) is 28.6 Å². The highest BCUT2D eigenvalue weighted by Crippen LogP contribution is 2.28. The molecular formula is C24H19N13. The van der Waals surface area contributed by atoms with Crippen molar-refractivity contribution in [3.63, 3.8) is 0 Å². The van der Waals surface area contributed by atoms with Crippen molar-refractivity contribution in [3.05, 3.63) is 77.9 Å². The summed E-state index contributed by atoms with van der Waals surface area (Å²) in [5.41, 5.74) is 10.1. The molecule has 0 bridgehead atoms. The van der Waals surface area contributed by atoms with Crippen LogP contribution in [-0.4, -0.2) is 64.3 Å². The standard InChI is InChI=1S/C24H19N13/c1-27-11-9-17(28-2)20-21(16-7-5-6-15(12-16)13-25)31-24(26)37-23(20)30-19(33-37)14-36-22(32-34-35-36)18-8-3-4-10-29-18/h3-12H,1,14H2,2H3,(H2,26,31)/b11-9-,28-17+. The molecule has 180 valence electrons. The second-order valence-electron chi connectivity index (χ2n) is 7.63. The van der Waals surface area contributed by atoms with Crippen molar-refractivity contribution in [3.8, 4) is 28.8 Å². The molecule has 0 aliphatic heterocycles. The third-order valence-corrected chi connectivity index (χ3v) is 5.37. The van der Waals surface area contributed by atoms with Crippen LogP contribution < -0.4 is 5.73 Å². The van der Waals surface area contributed by atoms with Gasteiger partial charge in [-0.05, 0) is 47.5 Å². The fourth-order valence-electron chi connectivity index (χ4n) is 3.76. The maximum absolute atomic E-state index is 9.41. The minimum absolute atomic E-state index is 0.109. The number of allylic oxidation sites excluding steroid dienone is 1. The molecule has 0 saturated carbocycles. The van der Waals surface area contributed by atoms with Crippen LogP contribution in [0.15, 0.2) is 70.9 Å². The Hall–Kier alpha value is -5.64. The Balaban J connectivity index is 1.69. The molecule has 0 fully saturated rings. The summed E-state index contributed by atoms with van der Waals surface area (Å²) in [5.74, 6) is 0.969. The number of pyridine rings is 1. The van der Waals surface area contributed by atoms with Gasteiger partial charge in [-0.1, -0.05) is 18.2 Å². The molecule has 4 heterocycles. The number of benzene rings is 1. The molecule has 2 N–H and O–H groups in total. The maximum Gasteiger partial charge on any atom is 0.223 e. The van der Waals surface area contributed by atoms with Crippen LogP contribution in [0.5, 0.6) is 0 Å². The predicted molar refractivity (Wildman–Crippen MR) is 137 cm³/mol. The number of nitriles is 1. The zero-order valence-corrected chi connectivity index (χ0v) is 19.6. The highest BCUT2D eigenvalue weighted by Gasteiger charge is 2.22. The lowest BCUT2D eigenvalue weighted by Crippen LogP contribution is -2.11. The number of hydrogen-bond donors (Lipinski definition) is 1. The first-order chi connectivity index (χ1) is 18.1. The molecule has 5 aromatic rings. The average molecular weight is 490 g/mol. The molecule has 5 rings (SSSR count). The molecule has 0 spiro atoms. The number of fused-ring (bicyclic) bond motifs is 1. The second kappa shape index (κ2) is 9.92. The zero-order valence-electron chi connectivity index (χ0n) is 19.6. The van der Waals surface area contributed by atoms with Gasteiger partial charge in [0, 0.05) is 25.0 Å². The molecule has 0 aliphatic carbocycles. The highest BCUT2D eigenvalue weighted by molar-refractivity contribution is 6.16. The van der Waals surface area contributed by atoms with E-state index in [9.17, 15) is 5.26 Å². The minimum Gasteiger partial charge on any atom is -0.368 e. The second-order valence-corrected chi connectivity index (χ2v) is 7.63. The summed E-state index contributed by atoms with van der Waals surface area (Å²) < 4.78 is 2.99. The monoisotopic (exact) mass is 489 g/mol. The summed E-state index contributed by atoms with van der Waals surface area (Å²) in [5, 5.41) is 25.9. The van der Waals surface area contributed by atoms with Crippen LogP contribution in [0.2, 0.25) is 0 Å². The van der Waals surface area contributed by atoms with Crippen molar-refractivity contribution in [2.75, 3.05) is 12.8 Å². The molecular weight excluding hydrogens is 470 g/mol. The minimum atomic E-state index is 0.109. The van der Waals surface area contributed by atoms with E-state index in [1.165, 1.54) is 10.7 Å². The van der Waals surface area contributed by atoms with Crippen molar-refractivity contribution in [1.82, 2.24) is 44.8 Å². The number of hydrogen-bond acceptors (Lipinski definition) is 11. The SMILES string of the molecule is C=N/C=C\C(=N/C)c1c(-c2cccc(C#N)c2)nc(N)n2nc(Cn3nnnc3-c3ccccn3)nc12. The van der Waals surface area contributed by atoms with Crippen LogP contribution in [0.4, 0.5) is 5.95 Å². The summed E-state index contributed by atoms with van der Waals surface area (Å²) in [6, 6.07) is 14.7. The van der Waals surface area contributed by atoms with Crippen molar-refractivity contribution in [2.24, 2.45) is 9.98 Å². The van der Waals surface area contributed by atoms with Crippen LogP contribution in [0, 0.1) is 11.3 Å². The number of tetrazole rings is 1. The van der Waals surface area contributed by atoms with Gasteiger partial charge < -0.3 is 5.73 Å².